The highest BCUT2D eigenvalue weighted by Gasteiger charge is 2.22. The lowest BCUT2D eigenvalue weighted by Gasteiger charge is -2.10. The summed E-state index contributed by atoms with van der Waals surface area (Å²) in [5, 5.41) is 25.4. The molecule has 0 atom stereocenters. The highest BCUT2D eigenvalue weighted by molar-refractivity contribution is 6.29. The maximum absolute atomic E-state index is 9.55. The number of rotatable bonds is 3. The smallest absolute Gasteiger partial charge is 0.187 e. The predicted octanol–water partition coefficient (Wildman–Crippen LogP) is 11.7. The largest absolute Gasteiger partial charge is 0.455 e. The molecule has 234 valence electrons. The number of nitriles is 2. The monoisotopic (exact) mass is 649 g/mol. The molecule has 7 aromatic carbocycles. The van der Waals surface area contributed by atoms with Gasteiger partial charge in [-0.15, -0.1) is 0 Å². The lowest BCUT2D eigenvalue weighted by Crippen LogP contribution is -1.94. The van der Waals surface area contributed by atoms with Gasteiger partial charge in [0, 0.05) is 32.9 Å². The molecule has 10 aromatic rings. The number of benzene rings is 7. The molecule has 0 N–H and O–H groups in total. The van der Waals surface area contributed by atoms with Gasteiger partial charge in [0.15, 0.2) is 5.69 Å². The van der Waals surface area contributed by atoms with Gasteiger partial charge in [0.1, 0.15) is 23.3 Å². The highest BCUT2D eigenvalue weighted by atomic mass is 16.3. The topological polar surface area (TPSA) is 74.9 Å². The fraction of sp³-hybridized carbons (Fsp3) is 0. The second kappa shape index (κ2) is 10.7. The lowest BCUT2D eigenvalue weighted by atomic mass is 10.00. The van der Waals surface area contributed by atoms with Gasteiger partial charge in [0.2, 0.25) is 0 Å². The molecule has 3 heterocycles. The van der Waals surface area contributed by atoms with E-state index >= 15 is 0 Å². The summed E-state index contributed by atoms with van der Waals surface area (Å²) >= 11 is 0. The van der Waals surface area contributed by atoms with Gasteiger partial charge in [-0.1, -0.05) is 66.7 Å². The average molecular weight is 650 g/mol. The highest BCUT2D eigenvalue weighted by Crippen LogP contribution is 2.44. The normalized spacial score (nSPS) is 11.5. The summed E-state index contributed by atoms with van der Waals surface area (Å²) in [6, 6.07) is 51.1. The van der Waals surface area contributed by atoms with Crippen LogP contribution in [-0.4, -0.2) is 9.13 Å². The number of furan rings is 1. The third-order valence-electron chi connectivity index (χ3n) is 10.0. The molecule has 0 saturated heterocycles. The number of hydrogen-bond donors (Lipinski definition) is 0. The standard InChI is InChI=1S/C45H23N5O/c1-48-31-14-18-33(19-15-31)50-39-9-5-3-7-37(39)43-41(50)23-21-35-34-20-22-40-42(44(34)51-45(35)43)36-6-2-4-8-38(36)49(40)32-16-12-27(13-17-32)28-10-11-29(25-46)30(24-28)26-47/h2-24H. The van der Waals surface area contributed by atoms with Crippen LogP contribution in [0.2, 0.25) is 0 Å². The fourth-order valence-electron chi connectivity index (χ4n) is 7.75. The summed E-state index contributed by atoms with van der Waals surface area (Å²) in [5.41, 5.74) is 11.1. The Morgan fingerprint density at radius 2 is 1.00 bits per heavy atom. The molecule has 0 radical (unpaired) electrons. The third kappa shape index (κ3) is 4.01. The SMILES string of the molecule is [C-]#[N+]c1ccc(-n2c3ccccc3c3c4oc5c(ccc6c5c5ccccc5n6-c5ccc(-c6ccc(C#N)c(C#N)c6)cc5)c4ccc32)cc1. The van der Waals surface area contributed by atoms with Crippen LogP contribution < -0.4 is 0 Å². The Morgan fingerprint density at radius 1 is 0.490 bits per heavy atom. The lowest BCUT2D eigenvalue weighted by molar-refractivity contribution is 0.677. The van der Waals surface area contributed by atoms with Crippen molar-refractivity contribution >= 4 is 71.2 Å². The molecule has 0 spiro atoms. The molecule has 0 bridgehead atoms. The zero-order chi connectivity index (χ0) is 34.2. The maximum Gasteiger partial charge on any atom is 0.187 e. The molecule has 0 saturated carbocycles. The van der Waals surface area contributed by atoms with Crippen molar-refractivity contribution in [1.29, 1.82) is 10.5 Å². The minimum atomic E-state index is 0.369. The van der Waals surface area contributed by atoms with Crippen molar-refractivity contribution in [3.8, 4) is 34.6 Å². The van der Waals surface area contributed by atoms with Gasteiger partial charge in [0.25, 0.3) is 0 Å². The number of fused-ring (bicyclic) bond motifs is 11. The minimum absolute atomic E-state index is 0.369. The Bertz CT molecular complexity index is 3210. The van der Waals surface area contributed by atoms with Crippen LogP contribution in [0.1, 0.15) is 11.1 Å². The van der Waals surface area contributed by atoms with E-state index in [2.05, 4.69) is 123 Å². The van der Waals surface area contributed by atoms with Crippen molar-refractivity contribution in [2.45, 2.75) is 0 Å². The summed E-state index contributed by atoms with van der Waals surface area (Å²) in [5.74, 6) is 0. The van der Waals surface area contributed by atoms with Crippen molar-refractivity contribution in [3.05, 3.63) is 162 Å². The Morgan fingerprint density at radius 3 is 1.53 bits per heavy atom. The summed E-state index contributed by atoms with van der Waals surface area (Å²) in [4.78, 5) is 3.58. The first kappa shape index (κ1) is 28.4. The van der Waals surface area contributed by atoms with Crippen LogP contribution in [0.4, 0.5) is 5.69 Å². The number of nitrogens with zero attached hydrogens (tertiary/aromatic N) is 5. The molecule has 0 fully saturated rings. The number of aromatic nitrogens is 2. The van der Waals surface area contributed by atoms with Crippen LogP contribution in [0.25, 0.3) is 92.9 Å². The Hall–Kier alpha value is -7.59. The molecule has 6 heteroatoms. The van der Waals surface area contributed by atoms with Crippen molar-refractivity contribution in [1.82, 2.24) is 9.13 Å². The molecule has 10 rings (SSSR count). The van der Waals surface area contributed by atoms with Crippen LogP contribution in [-0.2, 0) is 0 Å². The molecule has 51 heavy (non-hydrogen) atoms. The molecule has 0 aliphatic carbocycles. The van der Waals surface area contributed by atoms with Gasteiger partial charge < -0.3 is 13.6 Å². The first-order chi connectivity index (χ1) is 25.2. The molecule has 0 aliphatic rings. The van der Waals surface area contributed by atoms with E-state index in [4.69, 9.17) is 11.0 Å². The second-order valence-electron chi connectivity index (χ2n) is 12.6. The zero-order valence-corrected chi connectivity index (χ0v) is 26.9. The van der Waals surface area contributed by atoms with Gasteiger partial charge in [-0.25, -0.2) is 4.85 Å². The maximum atomic E-state index is 9.55. The van der Waals surface area contributed by atoms with Gasteiger partial charge in [0.05, 0.1) is 50.5 Å². The predicted molar refractivity (Wildman–Crippen MR) is 204 cm³/mol. The molecular formula is C45H23N5O. The second-order valence-corrected chi connectivity index (χ2v) is 12.6. The van der Waals surface area contributed by atoms with Crippen LogP contribution in [0.15, 0.2) is 144 Å². The Labute approximate surface area is 291 Å². The van der Waals surface area contributed by atoms with E-state index in [1.54, 1.807) is 12.1 Å². The van der Waals surface area contributed by atoms with Crippen molar-refractivity contribution in [3.63, 3.8) is 0 Å². The van der Waals surface area contributed by atoms with Crippen LogP contribution in [0, 0.1) is 29.2 Å². The van der Waals surface area contributed by atoms with Crippen LogP contribution in [0.3, 0.4) is 0 Å². The van der Waals surface area contributed by atoms with Gasteiger partial charge in [-0.2, -0.15) is 10.5 Å². The summed E-state index contributed by atoms with van der Waals surface area (Å²) in [7, 11) is 0. The average Bonchev–Trinajstić information content (AvgIpc) is 3.85. The van der Waals surface area contributed by atoms with Gasteiger partial charge >= 0.3 is 0 Å². The first-order valence-electron chi connectivity index (χ1n) is 16.5. The summed E-state index contributed by atoms with van der Waals surface area (Å²) in [6.07, 6.45) is 0. The van der Waals surface area contributed by atoms with Crippen molar-refractivity contribution in [2.24, 2.45) is 0 Å². The fourth-order valence-corrected chi connectivity index (χ4v) is 7.75. The van der Waals surface area contributed by atoms with E-state index in [1.165, 1.54) is 0 Å². The quantitative estimate of drug-likeness (QED) is 0.179. The number of hydrogen-bond acceptors (Lipinski definition) is 3. The molecule has 3 aromatic heterocycles. The Balaban J connectivity index is 1.20. The van der Waals surface area contributed by atoms with Crippen LogP contribution in [0.5, 0.6) is 0 Å². The van der Waals surface area contributed by atoms with Crippen molar-refractivity contribution < 1.29 is 4.42 Å². The molecule has 0 unspecified atom stereocenters. The van der Waals surface area contributed by atoms with E-state index < -0.39 is 0 Å². The van der Waals surface area contributed by atoms with Gasteiger partial charge in [-0.05, 0) is 83.9 Å². The van der Waals surface area contributed by atoms with E-state index in [-0.39, 0.29) is 0 Å². The summed E-state index contributed by atoms with van der Waals surface area (Å²) in [6.45, 7) is 7.40. The van der Waals surface area contributed by atoms with Gasteiger partial charge in [-0.3, -0.25) is 0 Å². The molecule has 0 aliphatic heterocycles. The minimum Gasteiger partial charge on any atom is -0.455 e. The molecular weight excluding hydrogens is 627 g/mol. The molecule has 6 nitrogen and oxygen atoms in total. The number of para-hydroxylation sites is 2. The zero-order valence-electron chi connectivity index (χ0n) is 26.9. The van der Waals surface area contributed by atoms with E-state index in [9.17, 15) is 10.5 Å². The molecule has 0 amide bonds. The first-order valence-corrected chi connectivity index (χ1v) is 16.5. The van der Waals surface area contributed by atoms with E-state index in [1.807, 2.05) is 30.3 Å². The third-order valence-corrected chi connectivity index (χ3v) is 10.0. The van der Waals surface area contributed by atoms with E-state index in [0.717, 1.165) is 88.1 Å². The van der Waals surface area contributed by atoms with Crippen LogP contribution >= 0.6 is 0 Å². The Kier molecular flexibility index (Phi) is 5.97. The van der Waals surface area contributed by atoms with E-state index in [0.29, 0.717) is 16.8 Å². The van der Waals surface area contributed by atoms with Crippen molar-refractivity contribution in [2.75, 3.05) is 0 Å². The summed E-state index contributed by atoms with van der Waals surface area (Å²) < 4.78 is 11.5.